The first-order valence-corrected chi connectivity index (χ1v) is 9.88. The van der Waals surface area contributed by atoms with Crippen molar-refractivity contribution in [1.29, 1.82) is 0 Å². The second kappa shape index (κ2) is 7.94. The highest BCUT2D eigenvalue weighted by Gasteiger charge is 2.28. The van der Waals surface area contributed by atoms with Gasteiger partial charge >= 0.3 is 0 Å². The van der Waals surface area contributed by atoms with Crippen LogP contribution in [0.25, 0.3) is 0 Å². The summed E-state index contributed by atoms with van der Waals surface area (Å²) in [6.07, 6.45) is 0. The summed E-state index contributed by atoms with van der Waals surface area (Å²) in [5.74, 6) is 0. The zero-order chi connectivity index (χ0) is 18.6. The molecule has 0 saturated carbocycles. The largest absolute Gasteiger partial charge is 0.379 e. The molecule has 2 aromatic carbocycles. The van der Waals surface area contributed by atoms with Gasteiger partial charge < -0.3 is 10.2 Å². The Hall–Kier alpha value is -2.29. The van der Waals surface area contributed by atoms with E-state index in [9.17, 15) is 13.3 Å². The molecule has 0 unspecified atom stereocenters. The Morgan fingerprint density at radius 2 is 1.73 bits per heavy atom. The molecule has 1 fully saturated rings. The molecular formula is C18H22N4O3S. The molecule has 8 heteroatoms. The molecule has 0 bridgehead atoms. The molecule has 1 aliphatic heterocycles. The van der Waals surface area contributed by atoms with Gasteiger partial charge in [-0.2, -0.15) is 4.31 Å². The molecule has 0 aromatic heterocycles. The minimum absolute atomic E-state index is 0.0936. The molecule has 26 heavy (non-hydrogen) atoms. The van der Waals surface area contributed by atoms with Crippen molar-refractivity contribution >= 4 is 21.4 Å². The third-order valence-corrected chi connectivity index (χ3v) is 6.39. The van der Waals surface area contributed by atoms with Gasteiger partial charge in [0.1, 0.15) is 5.69 Å². The Balaban J connectivity index is 1.78. The highest BCUT2D eigenvalue weighted by atomic mass is 32.2. The summed E-state index contributed by atoms with van der Waals surface area (Å²) in [6.45, 7) is 2.78. The number of nitrogens with one attached hydrogen (secondary N) is 1. The van der Waals surface area contributed by atoms with Crippen LogP contribution in [-0.2, 0) is 16.6 Å². The fourth-order valence-corrected chi connectivity index (χ4v) is 4.31. The highest BCUT2D eigenvalue weighted by Crippen LogP contribution is 2.30. The average Bonchev–Trinajstić information content (AvgIpc) is 2.67. The molecule has 1 heterocycles. The highest BCUT2D eigenvalue weighted by molar-refractivity contribution is 7.89. The van der Waals surface area contributed by atoms with Crippen molar-refractivity contribution in [2.24, 2.45) is 5.18 Å². The maximum absolute atomic E-state index is 12.8. The molecule has 0 aliphatic carbocycles. The van der Waals surface area contributed by atoms with Crippen LogP contribution in [0, 0.1) is 4.91 Å². The standard InChI is InChI=1S/C18H22N4O3S/c1-21-9-11-22(12-10-21)26(24,25)16-7-8-17(18(13-16)20-23)19-14-15-5-3-2-4-6-15/h2-8,13,19H,9-12,14H2,1H3. The second-order valence-electron chi connectivity index (χ2n) is 6.32. The Morgan fingerprint density at radius 1 is 1.04 bits per heavy atom. The number of anilines is 1. The van der Waals surface area contributed by atoms with E-state index in [-0.39, 0.29) is 10.6 Å². The third kappa shape index (κ3) is 4.09. The molecular weight excluding hydrogens is 352 g/mol. The van der Waals surface area contributed by atoms with Gasteiger partial charge in [0.15, 0.2) is 0 Å². The monoisotopic (exact) mass is 374 g/mol. The van der Waals surface area contributed by atoms with Crippen LogP contribution < -0.4 is 5.32 Å². The number of likely N-dealkylation sites (N-methyl/N-ethyl adjacent to an activating group) is 1. The topological polar surface area (TPSA) is 82.1 Å². The van der Waals surface area contributed by atoms with Crippen LogP contribution in [0.4, 0.5) is 11.4 Å². The predicted octanol–water partition coefficient (Wildman–Crippen LogP) is 2.63. The SMILES string of the molecule is CN1CCN(S(=O)(=O)c2ccc(NCc3ccccc3)c(N=O)c2)CC1. The van der Waals surface area contributed by atoms with E-state index in [0.29, 0.717) is 38.4 Å². The summed E-state index contributed by atoms with van der Waals surface area (Å²) < 4.78 is 27.0. The lowest BCUT2D eigenvalue weighted by atomic mass is 10.2. The molecule has 0 radical (unpaired) electrons. The van der Waals surface area contributed by atoms with Crippen molar-refractivity contribution in [1.82, 2.24) is 9.21 Å². The molecule has 7 nitrogen and oxygen atoms in total. The average molecular weight is 374 g/mol. The first-order chi connectivity index (χ1) is 12.5. The molecule has 0 spiro atoms. The van der Waals surface area contributed by atoms with Crippen molar-refractivity contribution in [3.8, 4) is 0 Å². The number of nitroso groups, excluding NO2 is 1. The third-order valence-electron chi connectivity index (χ3n) is 4.49. The summed E-state index contributed by atoms with van der Waals surface area (Å²) in [5, 5.41) is 6.15. The van der Waals surface area contributed by atoms with Crippen molar-refractivity contribution < 1.29 is 8.42 Å². The number of rotatable bonds is 6. The lowest BCUT2D eigenvalue weighted by Crippen LogP contribution is -2.46. The second-order valence-corrected chi connectivity index (χ2v) is 8.25. The van der Waals surface area contributed by atoms with Crippen LogP contribution in [0.2, 0.25) is 0 Å². The Kier molecular flexibility index (Phi) is 5.65. The van der Waals surface area contributed by atoms with Gasteiger partial charge in [0.25, 0.3) is 0 Å². The molecule has 3 rings (SSSR count). The Morgan fingerprint density at radius 3 is 2.38 bits per heavy atom. The van der Waals surface area contributed by atoms with E-state index in [1.165, 1.54) is 16.4 Å². The predicted molar refractivity (Wildman–Crippen MR) is 102 cm³/mol. The lowest BCUT2D eigenvalue weighted by Gasteiger charge is -2.31. The van der Waals surface area contributed by atoms with Gasteiger partial charge in [-0.15, -0.1) is 4.91 Å². The number of nitrogens with zero attached hydrogens (tertiary/aromatic N) is 3. The van der Waals surface area contributed by atoms with Crippen molar-refractivity contribution in [2.45, 2.75) is 11.4 Å². The van der Waals surface area contributed by atoms with Gasteiger partial charge in [-0.25, -0.2) is 8.42 Å². The summed E-state index contributed by atoms with van der Waals surface area (Å²) in [5.41, 5.74) is 1.66. The van der Waals surface area contributed by atoms with Crippen molar-refractivity contribution in [2.75, 3.05) is 38.5 Å². The Labute approximate surface area is 153 Å². The lowest BCUT2D eigenvalue weighted by molar-refractivity contribution is 0.222. The van der Waals surface area contributed by atoms with E-state index >= 15 is 0 Å². The quantitative estimate of drug-likeness (QED) is 0.786. The van der Waals surface area contributed by atoms with Crippen LogP contribution in [-0.4, -0.2) is 50.8 Å². The molecule has 0 atom stereocenters. The normalized spacial score (nSPS) is 16.3. The summed E-state index contributed by atoms with van der Waals surface area (Å²) in [6, 6.07) is 14.2. The van der Waals surface area contributed by atoms with E-state index < -0.39 is 10.0 Å². The van der Waals surface area contributed by atoms with Crippen molar-refractivity contribution in [3.05, 3.63) is 59.0 Å². The van der Waals surface area contributed by atoms with Crippen LogP contribution >= 0.6 is 0 Å². The molecule has 1 aliphatic rings. The maximum Gasteiger partial charge on any atom is 0.243 e. The molecule has 138 valence electrons. The van der Waals surface area contributed by atoms with Gasteiger partial charge in [-0.1, -0.05) is 30.3 Å². The van der Waals surface area contributed by atoms with Gasteiger partial charge in [0.2, 0.25) is 10.0 Å². The molecule has 1 saturated heterocycles. The van der Waals surface area contributed by atoms with E-state index in [1.54, 1.807) is 6.07 Å². The molecule has 2 aromatic rings. The Bertz CT molecular complexity index is 863. The number of benzene rings is 2. The summed E-state index contributed by atoms with van der Waals surface area (Å²) in [7, 11) is -1.66. The first kappa shape index (κ1) is 18.5. The fourth-order valence-electron chi connectivity index (χ4n) is 2.87. The van der Waals surface area contributed by atoms with Crippen LogP contribution in [0.15, 0.2) is 58.6 Å². The van der Waals surface area contributed by atoms with Gasteiger partial charge in [-0.05, 0) is 36.0 Å². The summed E-state index contributed by atoms with van der Waals surface area (Å²) >= 11 is 0. The van der Waals surface area contributed by atoms with E-state index in [0.717, 1.165) is 5.56 Å². The van der Waals surface area contributed by atoms with Crippen LogP contribution in [0.5, 0.6) is 0 Å². The minimum atomic E-state index is -3.62. The molecule has 0 amide bonds. The number of sulfonamides is 1. The maximum atomic E-state index is 12.8. The fraction of sp³-hybridized carbons (Fsp3) is 0.333. The minimum Gasteiger partial charge on any atom is -0.379 e. The van der Waals surface area contributed by atoms with Gasteiger partial charge in [-0.3, -0.25) is 0 Å². The number of piperazine rings is 1. The summed E-state index contributed by atoms with van der Waals surface area (Å²) in [4.78, 5) is 13.4. The van der Waals surface area contributed by atoms with Crippen LogP contribution in [0.1, 0.15) is 5.56 Å². The first-order valence-electron chi connectivity index (χ1n) is 8.44. The van der Waals surface area contributed by atoms with E-state index in [2.05, 4.69) is 15.4 Å². The van der Waals surface area contributed by atoms with Crippen molar-refractivity contribution in [3.63, 3.8) is 0 Å². The van der Waals surface area contributed by atoms with Gasteiger partial charge in [0.05, 0.1) is 10.6 Å². The van der Waals surface area contributed by atoms with Gasteiger partial charge in [0, 0.05) is 32.7 Å². The van der Waals surface area contributed by atoms with E-state index in [4.69, 9.17) is 0 Å². The zero-order valence-electron chi connectivity index (χ0n) is 14.6. The number of hydrogen-bond donors (Lipinski definition) is 1. The van der Waals surface area contributed by atoms with Crippen LogP contribution in [0.3, 0.4) is 0 Å². The zero-order valence-corrected chi connectivity index (χ0v) is 15.4. The van der Waals surface area contributed by atoms with E-state index in [1.807, 2.05) is 37.4 Å². The smallest absolute Gasteiger partial charge is 0.243 e. The number of hydrogen-bond acceptors (Lipinski definition) is 6. The molecule has 1 N–H and O–H groups in total.